The number of rotatable bonds is 7. The van der Waals surface area contributed by atoms with Crippen LogP contribution in [0.3, 0.4) is 0 Å². The van der Waals surface area contributed by atoms with Crippen molar-refractivity contribution in [1.82, 2.24) is 5.32 Å². The Bertz CT molecular complexity index is 767. The Balaban J connectivity index is 1.61. The third-order valence-electron chi connectivity index (χ3n) is 4.82. The molecule has 5 nitrogen and oxygen atoms in total. The van der Waals surface area contributed by atoms with E-state index in [4.69, 9.17) is 4.74 Å². The molecule has 1 fully saturated rings. The van der Waals surface area contributed by atoms with E-state index in [9.17, 15) is 14.7 Å². The fourth-order valence-electron chi connectivity index (χ4n) is 3.32. The number of ether oxygens (including phenoxy) is 1. The van der Waals surface area contributed by atoms with Crippen LogP contribution in [0.15, 0.2) is 54.6 Å². The number of carboxylic acid groups (broad SMARTS) is 1. The maximum absolute atomic E-state index is 12.5. The summed E-state index contributed by atoms with van der Waals surface area (Å²) in [6, 6.07) is 16.9. The van der Waals surface area contributed by atoms with E-state index in [1.54, 1.807) is 24.3 Å². The first-order chi connectivity index (χ1) is 12.6. The van der Waals surface area contributed by atoms with Gasteiger partial charge in [-0.1, -0.05) is 49.2 Å². The van der Waals surface area contributed by atoms with E-state index >= 15 is 0 Å². The Morgan fingerprint density at radius 1 is 1.04 bits per heavy atom. The summed E-state index contributed by atoms with van der Waals surface area (Å²) in [5.41, 5.74) is 0.460. The summed E-state index contributed by atoms with van der Waals surface area (Å²) in [6.45, 7) is 0.508. The van der Waals surface area contributed by atoms with Gasteiger partial charge in [0.15, 0.2) is 0 Å². The largest absolute Gasteiger partial charge is 0.493 e. The first kappa shape index (κ1) is 18.0. The molecule has 2 N–H and O–H groups in total. The lowest BCUT2D eigenvalue weighted by Gasteiger charge is -2.25. The lowest BCUT2D eigenvalue weighted by Crippen LogP contribution is -2.52. The summed E-state index contributed by atoms with van der Waals surface area (Å²) >= 11 is 0. The van der Waals surface area contributed by atoms with E-state index in [0.717, 1.165) is 19.3 Å². The van der Waals surface area contributed by atoms with Crippen LogP contribution in [-0.4, -0.2) is 29.1 Å². The number of amides is 1. The molecule has 0 spiro atoms. The van der Waals surface area contributed by atoms with E-state index in [-0.39, 0.29) is 5.91 Å². The number of carbonyl (C=O) groups is 2. The highest BCUT2D eigenvalue weighted by Crippen LogP contribution is 2.30. The molecule has 5 heteroatoms. The van der Waals surface area contributed by atoms with Crippen molar-refractivity contribution in [3.63, 3.8) is 0 Å². The first-order valence-corrected chi connectivity index (χ1v) is 8.92. The lowest BCUT2D eigenvalue weighted by atomic mass is 9.97. The minimum Gasteiger partial charge on any atom is -0.493 e. The molecule has 2 aromatic carbocycles. The Hall–Kier alpha value is -2.82. The maximum atomic E-state index is 12.5. The van der Waals surface area contributed by atoms with Crippen molar-refractivity contribution in [1.29, 1.82) is 0 Å². The third kappa shape index (κ3) is 4.23. The molecular weight excluding hydrogens is 330 g/mol. The maximum Gasteiger partial charge on any atom is 0.329 e. The molecule has 1 aliphatic rings. The number of benzene rings is 2. The number of nitrogens with one attached hydrogen (secondary N) is 1. The molecule has 0 unspecified atom stereocenters. The molecule has 0 aromatic heterocycles. The van der Waals surface area contributed by atoms with Crippen molar-refractivity contribution in [2.45, 2.75) is 37.6 Å². The zero-order chi connectivity index (χ0) is 18.4. The van der Waals surface area contributed by atoms with Crippen LogP contribution in [0, 0.1) is 0 Å². The smallest absolute Gasteiger partial charge is 0.329 e. The summed E-state index contributed by atoms with van der Waals surface area (Å²) < 4.78 is 5.75. The van der Waals surface area contributed by atoms with Gasteiger partial charge in [0.25, 0.3) is 5.91 Å². The topological polar surface area (TPSA) is 75.6 Å². The predicted octanol–water partition coefficient (Wildman–Crippen LogP) is 3.44. The Kier molecular flexibility index (Phi) is 5.56. The number of hydrogen-bond acceptors (Lipinski definition) is 3. The average Bonchev–Trinajstić information content (AvgIpc) is 3.13. The normalized spacial score (nSPS) is 15.4. The minimum atomic E-state index is -1.14. The second-order valence-electron chi connectivity index (χ2n) is 6.66. The van der Waals surface area contributed by atoms with E-state index in [0.29, 0.717) is 30.8 Å². The molecule has 1 saturated carbocycles. The molecule has 26 heavy (non-hydrogen) atoms. The first-order valence-electron chi connectivity index (χ1n) is 8.92. The molecule has 2 aromatic rings. The fraction of sp³-hybridized carbons (Fsp3) is 0.333. The minimum absolute atomic E-state index is 0.372. The number of hydrogen-bond donors (Lipinski definition) is 2. The summed E-state index contributed by atoms with van der Waals surface area (Å²) in [7, 11) is 0. The van der Waals surface area contributed by atoms with Crippen LogP contribution < -0.4 is 10.1 Å². The molecule has 0 heterocycles. The monoisotopic (exact) mass is 353 g/mol. The third-order valence-corrected chi connectivity index (χ3v) is 4.82. The van der Waals surface area contributed by atoms with Gasteiger partial charge in [-0.05, 0) is 36.6 Å². The molecule has 136 valence electrons. The summed E-state index contributed by atoms with van der Waals surface area (Å²) in [5.74, 6) is -0.731. The van der Waals surface area contributed by atoms with Gasteiger partial charge in [-0.25, -0.2) is 4.79 Å². The van der Waals surface area contributed by atoms with Gasteiger partial charge in [-0.2, -0.15) is 0 Å². The number of aliphatic carboxylic acids is 1. The van der Waals surface area contributed by atoms with E-state index in [2.05, 4.69) is 5.32 Å². The molecule has 1 aliphatic carbocycles. The van der Waals surface area contributed by atoms with Gasteiger partial charge in [-0.3, -0.25) is 4.79 Å². The fourth-order valence-corrected chi connectivity index (χ4v) is 3.32. The van der Waals surface area contributed by atoms with Gasteiger partial charge in [-0.15, -0.1) is 0 Å². The number of carboxylic acids is 1. The zero-order valence-electron chi connectivity index (χ0n) is 14.6. The van der Waals surface area contributed by atoms with Crippen LogP contribution in [0.5, 0.6) is 5.75 Å². The van der Waals surface area contributed by atoms with Crippen molar-refractivity contribution >= 4 is 11.9 Å². The Morgan fingerprint density at radius 3 is 2.46 bits per heavy atom. The van der Waals surface area contributed by atoms with Crippen LogP contribution in [0.1, 0.15) is 41.6 Å². The molecule has 0 bridgehead atoms. The van der Waals surface area contributed by atoms with Gasteiger partial charge < -0.3 is 15.2 Å². The summed E-state index contributed by atoms with van der Waals surface area (Å²) in [6.07, 6.45) is 3.35. The second-order valence-corrected chi connectivity index (χ2v) is 6.66. The van der Waals surface area contributed by atoms with Crippen molar-refractivity contribution in [3.8, 4) is 5.75 Å². The summed E-state index contributed by atoms with van der Waals surface area (Å²) in [4.78, 5) is 24.1. The molecule has 0 saturated heterocycles. The van der Waals surface area contributed by atoms with Gasteiger partial charge in [0.1, 0.15) is 11.3 Å². The van der Waals surface area contributed by atoms with Crippen LogP contribution in [0.2, 0.25) is 0 Å². The highest BCUT2D eigenvalue weighted by molar-refractivity contribution is 5.98. The Labute approximate surface area is 153 Å². The molecular formula is C21H23NO4. The van der Waals surface area contributed by atoms with Crippen LogP contribution in [-0.2, 0) is 11.2 Å². The van der Waals surface area contributed by atoms with Gasteiger partial charge in [0, 0.05) is 12.0 Å². The molecule has 3 rings (SSSR count). The van der Waals surface area contributed by atoms with Crippen LogP contribution in [0.25, 0.3) is 0 Å². The predicted molar refractivity (Wildman–Crippen MR) is 98.4 cm³/mol. The average molecular weight is 353 g/mol. The van der Waals surface area contributed by atoms with E-state index in [1.807, 2.05) is 30.3 Å². The van der Waals surface area contributed by atoms with Gasteiger partial charge in [0.2, 0.25) is 0 Å². The van der Waals surface area contributed by atoms with E-state index in [1.165, 1.54) is 5.56 Å². The van der Waals surface area contributed by atoms with Crippen molar-refractivity contribution in [2.75, 3.05) is 6.61 Å². The van der Waals surface area contributed by atoms with Crippen LogP contribution in [0.4, 0.5) is 0 Å². The van der Waals surface area contributed by atoms with Gasteiger partial charge >= 0.3 is 5.97 Å². The van der Waals surface area contributed by atoms with E-state index < -0.39 is 11.5 Å². The molecule has 0 aliphatic heterocycles. The molecule has 1 amide bonds. The highest BCUT2D eigenvalue weighted by Gasteiger charge is 2.42. The SMILES string of the molecule is O=C(NC1(C(=O)O)CCCC1)c1cccc(OCCc2ccccc2)c1. The standard InChI is InChI=1S/C21H23NO4/c23-19(22-21(20(24)25)12-4-5-13-21)17-9-6-10-18(15-17)26-14-11-16-7-2-1-3-8-16/h1-3,6-10,15H,4-5,11-14H2,(H,22,23)(H,24,25). The lowest BCUT2D eigenvalue weighted by molar-refractivity contribution is -0.144. The molecule has 0 radical (unpaired) electrons. The van der Waals surface area contributed by atoms with Crippen molar-refractivity contribution in [3.05, 3.63) is 65.7 Å². The number of carbonyl (C=O) groups excluding carboxylic acids is 1. The quantitative estimate of drug-likeness (QED) is 0.799. The highest BCUT2D eigenvalue weighted by atomic mass is 16.5. The Morgan fingerprint density at radius 2 is 1.77 bits per heavy atom. The van der Waals surface area contributed by atoms with Gasteiger partial charge in [0.05, 0.1) is 6.61 Å². The second kappa shape index (κ2) is 8.04. The summed E-state index contributed by atoms with van der Waals surface area (Å²) in [5, 5.41) is 12.2. The zero-order valence-corrected chi connectivity index (χ0v) is 14.6. The molecule has 0 atom stereocenters. The van der Waals surface area contributed by atoms with Crippen molar-refractivity contribution in [2.24, 2.45) is 0 Å². The van der Waals surface area contributed by atoms with Crippen LogP contribution >= 0.6 is 0 Å². The van der Waals surface area contributed by atoms with Crippen molar-refractivity contribution < 1.29 is 19.4 Å².